The molecular formula is C15H28N2O3S. The first-order valence-corrected chi connectivity index (χ1v) is 8.33. The van der Waals surface area contributed by atoms with Crippen molar-refractivity contribution in [2.75, 3.05) is 12.8 Å². The van der Waals surface area contributed by atoms with E-state index < -0.39 is 11.5 Å². The van der Waals surface area contributed by atoms with Gasteiger partial charge in [-0.15, -0.1) is 0 Å². The first-order chi connectivity index (χ1) is 9.68. The summed E-state index contributed by atoms with van der Waals surface area (Å²) in [7, 11) is 1.57. The van der Waals surface area contributed by atoms with Gasteiger partial charge >= 0.3 is 0 Å². The van der Waals surface area contributed by atoms with Crippen molar-refractivity contribution in [2.45, 2.75) is 59.4 Å². The molecule has 2 N–H and O–H groups in total. The Balaban J connectivity index is 4.18. The van der Waals surface area contributed by atoms with E-state index in [0.717, 1.165) is 25.0 Å². The predicted molar refractivity (Wildman–Crippen MR) is 87.1 cm³/mol. The fourth-order valence-electron chi connectivity index (χ4n) is 1.66. The van der Waals surface area contributed by atoms with Gasteiger partial charge in [0.05, 0.1) is 0 Å². The average Bonchev–Trinajstić information content (AvgIpc) is 2.38. The van der Waals surface area contributed by atoms with Gasteiger partial charge in [0.15, 0.2) is 5.12 Å². The molecule has 1 atom stereocenters. The van der Waals surface area contributed by atoms with Crippen LogP contribution < -0.4 is 10.6 Å². The van der Waals surface area contributed by atoms with Crippen molar-refractivity contribution in [2.24, 2.45) is 5.41 Å². The van der Waals surface area contributed by atoms with E-state index in [4.69, 9.17) is 0 Å². The molecule has 0 fully saturated rings. The van der Waals surface area contributed by atoms with Crippen LogP contribution in [0.5, 0.6) is 0 Å². The lowest BCUT2D eigenvalue weighted by molar-refractivity contribution is -0.133. The van der Waals surface area contributed by atoms with E-state index in [9.17, 15) is 14.4 Å². The van der Waals surface area contributed by atoms with Crippen LogP contribution in [0.1, 0.15) is 53.4 Å². The number of hydrogen-bond acceptors (Lipinski definition) is 4. The summed E-state index contributed by atoms with van der Waals surface area (Å²) >= 11 is 1.33. The molecule has 0 bridgehead atoms. The Morgan fingerprint density at radius 3 is 2.19 bits per heavy atom. The minimum absolute atomic E-state index is 0.122. The van der Waals surface area contributed by atoms with Gasteiger partial charge in [-0.25, -0.2) is 0 Å². The molecule has 0 aromatic heterocycles. The van der Waals surface area contributed by atoms with Crippen LogP contribution in [-0.4, -0.2) is 35.8 Å². The van der Waals surface area contributed by atoms with E-state index in [2.05, 4.69) is 10.6 Å². The quantitative estimate of drug-likeness (QED) is 0.673. The Kier molecular flexibility index (Phi) is 9.33. The Bertz CT molecular complexity index is 364. The molecular weight excluding hydrogens is 288 g/mol. The molecule has 0 spiro atoms. The van der Waals surface area contributed by atoms with Gasteiger partial charge < -0.3 is 10.6 Å². The Labute approximate surface area is 132 Å². The minimum atomic E-state index is -0.510. The maximum Gasteiger partial charge on any atom is 0.242 e. The van der Waals surface area contributed by atoms with Gasteiger partial charge in [-0.3, -0.25) is 14.4 Å². The average molecular weight is 316 g/mol. The van der Waals surface area contributed by atoms with Crippen molar-refractivity contribution in [3.05, 3.63) is 0 Å². The normalized spacial score (nSPS) is 12.6. The van der Waals surface area contributed by atoms with E-state index in [0.29, 0.717) is 6.42 Å². The molecule has 0 aliphatic heterocycles. The van der Waals surface area contributed by atoms with Gasteiger partial charge in [0, 0.05) is 25.1 Å². The number of amides is 2. The summed E-state index contributed by atoms with van der Waals surface area (Å²) in [5.74, 6) is 0.530. The van der Waals surface area contributed by atoms with Crippen molar-refractivity contribution < 1.29 is 14.4 Å². The highest BCUT2D eigenvalue weighted by atomic mass is 32.2. The van der Waals surface area contributed by atoms with Crippen molar-refractivity contribution in [3.63, 3.8) is 0 Å². The summed E-state index contributed by atoms with van der Waals surface area (Å²) in [5, 5.41) is 5.53. The summed E-state index contributed by atoms with van der Waals surface area (Å²) in [6, 6.07) is -0.484. The number of hydrogen-bond donors (Lipinski definition) is 2. The number of unbranched alkanes of at least 4 members (excludes halogenated alkanes) is 2. The summed E-state index contributed by atoms with van der Waals surface area (Å²) in [4.78, 5) is 34.6. The standard InChI is InChI=1S/C15H28N2O3S/c1-11(18)21-10-8-6-7-9-12(13(19)16-5)17-14(20)15(2,3)4/h12H,6-10H2,1-5H3,(H,16,19)(H,17,20)/t12-/m0/s1. The summed E-state index contributed by atoms with van der Waals surface area (Å²) in [6.45, 7) is 7.03. The number of carbonyl (C=O) groups excluding carboxylic acids is 3. The maximum absolute atomic E-state index is 12.0. The number of rotatable bonds is 8. The zero-order valence-corrected chi connectivity index (χ0v) is 14.6. The third-order valence-electron chi connectivity index (χ3n) is 2.99. The molecule has 0 heterocycles. The van der Waals surface area contributed by atoms with E-state index in [1.165, 1.54) is 11.8 Å². The first-order valence-electron chi connectivity index (χ1n) is 7.34. The van der Waals surface area contributed by atoms with E-state index in [1.54, 1.807) is 14.0 Å². The topological polar surface area (TPSA) is 75.3 Å². The number of carbonyl (C=O) groups is 3. The highest BCUT2D eigenvalue weighted by Gasteiger charge is 2.26. The number of nitrogens with one attached hydrogen (secondary N) is 2. The van der Waals surface area contributed by atoms with Crippen molar-refractivity contribution in [1.82, 2.24) is 10.6 Å². The lowest BCUT2D eigenvalue weighted by atomic mass is 9.94. The zero-order chi connectivity index (χ0) is 16.5. The van der Waals surface area contributed by atoms with Gasteiger partial charge in [0.1, 0.15) is 6.04 Å². The lowest BCUT2D eigenvalue weighted by Gasteiger charge is -2.23. The second-order valence-corrected chi connectivity index (χ2v) is 7.35. The van der Waals surface area contributed by atoms with Crippen LogP contribution in [0, 0.1) is 5.41 Å². The first kappa shape index (κ1) is 20.0. The van der Waals surface area contributed by atoms with Crippen LogP contribution in [0.4, 0.5) is 0 Å². The smallest absolute Gasteiger partial charge is 0.242 e. The van der Waals surface area contributed by atoms with Crippen molar-refractivity contribution >= 4 is 28.7 Å². The summed E-state index contributed by atoms with van der Waals surface area (Å²) in [5.41, 5.74) is -0.510. The van der Waals surface area contributed by atoms with E-state index in [1.807, 2.05) is 20.8 Å². The molecule has 21 heavy (non-hydrogen) atoms. The maximum atomic E-state index is 12.0. The summed E-state index contributed by atoms with van der Waals surface area (Å²) in [6.07, 6.45) is 3.35. The highest BCUT2D eigenvalue weighted by molar-refractivity contribution is 8.13. The second kappa shape index (κ2) is 9.82. The molecule has 6 heteroatoms. The minimum Gasteiger partial charge on any atom is -0.357 e. The third kappa shape index (κ3) is 9.50. The monoisotopic (exact) mass is 316 g/mol. The van der Waals surface area contributed by atoms with Crippen LogP contribution in [-0.2, 0) is 14.4 Å². The highest BCUT2D eigenvalue weighted by Crippen LogP contribution is 2.15. The second-order valence-electron chi connectivity index (χ2n) is 6.08. The lowest BCUT2D eigenvalue weighted by Crippen LogP contribution is -2.49. The Morgan fingerprint density at radius 1 is 1.10 bits per heavy atom. The molecule has 0 rings (SSSR count). The fraction of sp³-hybridized carbons (Fsp3) is 0.800. The third-order valence-corrected chi connectivity index (χ3v) is 3.89. The molecule has 2 amide bonds. The van der Waals surface area contributed by atoms with E-state index in [-0.39, 0.29) is 16.9 Å². The van der Waals surface area contributed by atoms with Crippen LogP contribution in [0.3, 0.4) is 0 Å². The fourth-order valence-corrected chi connectivity index (χ4v) is 2.30. The van der Waals surface area contributed by atoms with Crippen LogP contribution >= 0.6 is 11.8 Å². The van der Waals surface area contributed by atoms with Gasteiger partial charge in [-0.2, -0.15) is 0 Å². The van der Waals surface area contributed by atoms with Gasteiger partial charge in [-0.1, -0.05) is 45.4 Å². The molecule has 5 nitrogen and oxygen atoms in total. The molecule has 0 unspecified atom stereocenters. The number of likely N-dealkylation sites (N-methyl/N-ethyl adjacent to an activating group) is 1. The summed E-state index contributed by atoms with van der Waals surface area (Å²) < 4.78 is 0. The SMILES string of the molecule is CNC(=O)[C@H](CCCCCSC(C)=O)NC(=O)C(C)(C)C. The van der Waals surface area contributed by atoms with Crippen molar-refractivity contribution in [3.8, 4) is 0 Å². The van der Waals surface area contributed by atoms with E-state index >= 15 is 0 Å². The largest absolute Gasteiger partial charge is 0.357 e. The van der Waals surface area contributed by atoms with Crippen LogP contribution in [0.15, 0.2) is 0 Å². The molecule has 0 radical (unpaired) electrons. The van der Waals surface area contributed by atoms with Crippen molar-refractivity contribution in [1.29, 1.82) is 0 Å². The zero-order valence-electron chi connectivity index (χ0n) is 13.7. The van der Waals surface area contributed by atoms with Gasteiger partial charge in [-0.05, 0) is 12.8 Å². The van der Waals surface area contributed by atoms with Gasteiger partial charge in [0.25, 0.3) is 0 Å². The molecule has 0 saturated heterocycles. The molecule has 0 aliphatic carbocycles. The Hall–Kier alpha value is -1.04. The van der Waals surface area contributed by atoms with Crippen LogP contribution in [0.25, 0.3) is 0 Å². The molecule has 0 aromatic carbocycles. The van der Waals surface area contributed by atoms with Gasteiger partial charge in [0.2, 0.25) is 11.8 Å². The molecule has 122 valence electrons. The molecule has 0 aromatic rings. The molecule has 0 aliphatic rings. The van der Waals surface area contributed by atoms with Crippen LogP contribution in [0.2, 0.25) is 0 Å². The Morgan fingerprint density at radius 2 is 1.71 bits per heavy atom. The molecule has 0 saturated carbocycles. The number of thioether (sulfide) groups is 1. The predicted octanol–water partition coefficient (Wildman–Crippen LogP) is 2.10.